The summed E-state index contributed by atoms with van der Waals surface area (Å²) in [6, 6.07) is 20.5. The topological polar surface area (TPSA) is 42.0 Å². The Morgan fingerprint density at radius 3 is 2.33 bits per heavy atom. The number of hydrogen-bond acceptors (Lipinski definition) is 2. The van der Waals surface area contributed by atoms with Gasteiger partial charge in [0.15, 0.2) is 0 Å². The van der Waals surface area contributed by atoms with Crippen molar-refractivity contribution in [2.75, 3.05) is 5.32 Å². The number of halogens is 2. The van der Waals surface area contributed by atoms with Gasteiger partial charge in [-0.1, -0.05) is 41.9 Å². The largest absolute Gasteiger partial charge is 0.307 e. The zero-order valence-corrected chi connectivity index (χ0v) is 15.5. The quantitative estimate of drug-likeness (QED) is 0.624. The van der Waals surface area contributed by atoms with Crippen molar-refractivity contribution in [2.45, 2.75) is 6.92 Å². The van der Waals surface area contributed by atoms with Crippen molar-refractivity contribution in [1.29, 1.82) is 0 Å². The SMILES string of the molecule is Br.Cc1cccc(NC(=O)c2ccc(-c3cccc(Cl)c3)cc2)n1. The van der Waals surface area contributed by atoms with Crippen molar-refractivity contribution in [3.63, 3.8) is 0 Å². The zero-order valence-electron chi connectivity index (χ0n) is 13.0. The molecule has 0 aliphatic heterocycles. The van der Waals surface area contributed by atoms with Crippen molar-refractivity contribution < 1.29 is 4.79 Å². The van der Waals surface area contributed by atoms with Crippen LogP contribution in [0.2, 0.25) is 5.02 Å². The van der Waals surface area contributed by atoms with E-state index in [4.69, 9.17) is 11.6 Å². The Morgan fingerprint density at radius 1 is 0.958 bits per heavy atom. The summed E-state index contributed by atoms with van der Waals surface area (Å²) >= 11 is 6.01. The summed E-state index contributed by atoms with van der Waals surface area (Å²) in [6.07, 6.45) is 0. The lowest BCUT2D eigenvalue weighted by atomic mass is 10.0. The van der Waals surface area contributed by atoms with Gasteiger partial charge in [-0.15, -0.1) is 17.0 Å². The zero-order chi connectivity index (χ0) is 16.2. The van der Waals surface area contributed by atoms with Gasteiger partial charge in [0.2, 0.25) is 0 Å². The van der Waals surface area contributed by atoms with Crippen molar-refractivity contribution in [3.05, 3.63) is 83.0 Å². The predicted octanol–water partition coefficient (Wildman–Crippen LogP) is 5.54. The van der Waals surface area contributed by atoms with Crippen LogP contribution in [0.1, 0.15) is 16.1 Å². The average Bonchev–Trinajstić information content (AvgIpc) is 2.55. The molecule has 0 atom stereocenters. The van der Waals surface area contributed by atoms with Crippen LogP contribution in [0.4, 0.5) is 5.82 Å². The fraction of sp³-hybridized carbons (Fsp3) is 0.0526. The smallest absolute Gasteiger partial charge is 0.256 e. The van der Waals surface area contributed by atoms with Crippen LogP contribution in [0.25, 0.3) is 11.1 Å². The maximum absolute atomic E-state index is 12.3. The van der Waals surface area contributed by atoms with E-state index in [9.17, 15) is 4.79 Å². The molecule has 0 aliphatic carbocycles. The van der Waals surface area contributed by atoms with E-state index in [0.29, 0.717) is 16.4 Å². The number of hydrogen-bond donors (Lipinski definition) is 1. The van der Waals surface area contributed by atoms with Crippen molar-refractivity contribution in [2.24, 2.45) is 0 Å². The maximum atomic E-state index is 12.3. The van der Waals surface area contributed by atoms with Crippen LogP contribution < -0.4 is 5.32 Å². The molecule has 0 bridgehead atoms. The summed E-state index contributed by atoms with van der Waals surface area (Å²) < 4.78 is 0. The molecule has 24 heavy (non-hydrogen) atoms. The van der Waals surface area contributed by atoms with Crippen LogP contribution in [0.15, 0.2) is 66.7 Å². The molecule has 0 unspecified atom stereocenters. The number of anilines is 1. The van der Waals surface area contributed by atoms with Crippen molar-refractivity contribution >= 4 is 40.3 Å². The first-order chi connectivity index (χ1) is 11.1. The number of rotatable bonds is 3. The second-order valence-electron chi connectivity index (χ2n) is 5.21. The summed E-state index contributed by atoms with van der Waals surface area (Å²) in [5.74, 6) is 0.370. The van der Waals surface area contributed by atoms with Gasteiger partial charge in [-0.2, -0.15) is 0 Å². The van der Waals surface area contributed by atoms with Gasteiger partial charge in [-0.05, 0) is 54.4 Å². The molecule has 0 aliphatic rings. The number of nitrogens with one attached hydrogen (secondary N) is 1. The summed E-state index contributed by atoms with van der Waals surface area (Å²) in [4.78, 5) is 16.5. The van der Waals surface area contributed by atoms with Crippen LogP contribution in [0.5, 0.6) is 0 Å². The van der Waals surface area contributed by atoms with Gasteiger partial charge in [0.05, 0.1) is 0 Å². The monoisotopic (exact) mass is 402 g/mol. The number of amides is 1. The van der Waals surface area contributed by atoms with E-state index in [1.807, 2.05) is 55.5 Å². The molecule has 3 aromatic rings. The molecule has 1 aromatic heterocycles. The Hall–Kier alpha value is -2.17. The van der Waals surface area contributed by atoms with Gasteiger partial charge in [-0.25, -0.2) is 4.98 Å². The fourth-order valence-corrected chi connectivity index (χ4v) is 2.47. The van der Waals surface area contributed by atoms with Crippen LogP contribution in [0, 0.1) is 6.92 Å². The molecule has 0 spiro atoms. The predicted molar refractivity (Wildman–Crippen MR) is 104 cm³/mol. The molecule has 1 heterocycles. The fourth-order valence-electron chi connectivity index (χ4n) is 2.28. The number of aryl methyl sites for hydroxylation is 1. The van der Waals surface area contributed by atoms with Gasteiger partial charge < -0.3 is 5.32 Å². The van der Waals surface area contributed by atoms with Crippen LogP contribution in [-0.2, 0) is 0 Å². The average molecular weight is 404 g/mol. The Balaban J connectivity index is 0.00000208. The lowest BCUT2D eigenvalue weighted by Gasteiger charge is -2.07. The van der Waals surface area contributed by atoms with E-state index in [0.717, 1.165) is 16.8 Å². The number of carbonyl (C=O) groups excluding carboxylic acids is 1. The van der Waals surface area contributed by atoms with Crippen LogP contribution in [-0.4, -0.2) is 10.9 Å². The second kappa shape index (κ2) is 8.08. The molecule has 0 radical (unpaired) electrons. The van der Waals surface area contributed by atoms with E-state index in [-0.39, 0.29) is 22.9 Å². The molecule has 3 rings (SSSR count). The minimum absolute atomic E-state index is 0. The lowest BCUT2D eigenvalue weighted by molar-refractivity contribution is 0.102. The summed E-state index contributed by atoms with van der Waals surface area (Å²) in [7, 11) is 0. The third kappa shape index (κ3) is 4.43. The highest BCUT2D eigenvalue weighted by Crippen LogP contribution is 2.23. The third-order valence-electron chi connectivity index (χ3n) is 3.43. The molecule has 0 saturated heterocycles. The Bertz CT molecular complexity index is 850. The molecule has 1 amide bonds. The molecule has 0 fully saturated rings. The molecule has 2 aromatic carbocycles. The summed E-state index contributed by atoms with van der Waals surface area (Å²) in [5.41, 5.74) is 3.47. The summed E-state index contributed by atoms with van der Waals surface area (Å²) in [6.45, 7) is 1.88. The van der Waals surface area contributed by atoms with E-state index in [2.05, 4.69) is 10.3 Å². The highest BCUT2D eigenvalue weighted by atomic mass is 79.9. The van der Waals surface area contributed by atoms with Crippen molar-refractivity contribution in [1.82, 2.24) is 4.98 Å². The Labute approximate surface area is 156 Å². The molecule has 1 N–H and O–H groups in total. The van der Waals surface area contributed by atoms with Crippen molar-refractivity contribution in [3.8, 4) is 11.1 Å². The van der Waals surface area contributed by atoms with Gasteiger partial charge in [-0.3, -0.25) is 4.79 Å². The van der Waals surface area contributed by atoms with Crippen LogP contribution in [0.3, 0.4) is 0 Å². The number of carbonyl (C=O) groups is 1. The van der Waals surface area contributed by atoms with Gasteiger partial charge >= 0.3 is 0 Å². The molecule has 122 valence electrons. The minimum Gasteiger partial charge on any atom is -0.307 e. The van der Waals surface area contributed by atoms with Gasteiger partial charge in [0.1, 0.15) is 5.82 Å². The number of nitrogens with zero attached hydrogens (tertiary/aromatic N) is 1. The molecule has 3 nitrogen and oxygen atoms in total. The number of pyridine rings is 1. The van der Waals surface area contributed by atoms with Gasteiger partial charge in [0.25, 0.3) is 5.91 Å². The first kappa shape index (κ1) is 18.2. The van der Waals surface area contributed by atoms with E-state index in [1.54, 1.807) is 18.2 Å². The minimum atomic E-state index is -0.180. The van der Waals surface area contributed by atoms with E-state index >= 15 is 0 Å². The number of aromatic nitrogens is 1. The second-order valence-corrected chi connectivity index (χ2v) is 5.64. The highest BCUT2D eigenvalue weighted by Gasteiger charge is 2.07. The standard InChI is InChI=1S/C19H15ClN2O.BrH/c1-13-4-2-7-18(21-13)22-19(23)15-10-8-14(9-11-15)16-5-3-6-17(20)12-16;/h2-12H,1H3,(H,21,22,23);1H. The van der Waals surface area contributed by atoms with Crippen LogP contribution >= 0.6 is 28.6 Å². The number of benzene rings is 2. The Kier molecular flexibility index (Phi) is 6.12. The lowest BCUT2D eigenvalue weighted by Crippen LogP contribution is -2.12. The molecular formula is C19H16BrClN2O. The maximum Gasteiger partial charge on any atom is 0.256 e. The Morgan fingerprint density at radius 2 is 1.67 bits per heavy atom. The third-order valence-corrected chi connectivity index (χ3v) is 3.67. The van der Waals surface area contributed by atoms with E-state index in [1.165, 1.54) is 0 Å². The highest BCUT2D eigenvalue weighted by molar-refractivity contribution is 8.93. The molecular weight excluding hydrogens is 388 g/mol. The first-order valence-electron chi connectivity index (χ1n) is 7.23. The van der Waals surface area contributed by atoms with E-state index < -0.39 is 0 Å². The first-order valence-corrected chi connectivity index (χ1v) is 7.61. The molecule has 5 heteroatoms. The normalized spacial score (nSPS) is 9.92. The van der Waals surface area contributed by atoms with Gasteiger partial charge in [0, 0.05) is 16.3 Å². The molecule has 0 saturated carbocycles. The summed E-state index contributed by atoms with van der Waals surface area (Å²) in [5, 5.41) is 3.49.